The molecule has 5 heteroatoms. The molecule has 0 saturated carbocycles. The molecule has 1 heterocycles. The highest BCUT2D eigenvalue weighted by atomic mass is 35.5. The number of anilines is 1. The largest absolute Gasteiger partial charge is 0.373 e. The Hall–Kier alpha value is -1.32. The molecule has 0 unspecified atom stereocenters. The normalized spacial score (nSPS) is 11.0. The van der Waals surface area contributed by atoms with Crippen molar-refractivity contribution in [1.82, 2.24) is 9.97 Å². The first-order valence-corrected chi connectivity index (χ1v) is 7.72. The zero-order valence-corrected chi connectivity index (χ0v) is 14.0. The van der Waals surface area contributed by atoms with Crippen molar-refractivity contribution < 1.29 is 0 Å². The Morgan fingerprint density at radius 3 is 2.48 bits per heavy atom. The van der Waals surface area contributed by atoms with Crippen LogP contribution < -0.4 is 5.32 Å². The van der Waals surface area contributed by atoms with Crippen molar-refractivity contribution in [3.8, 4) is 0 Å². The Balaban J connectivity index is 2.27. The van der Waals surface area contributed by atoms with E-state index in [4.69, 9.17) is 23.2 Å². The average molecular weight is 324 g/mol. The fourth-order valence-corrected chi connectivity index (χ4v) is 2.44. The fourth-order valence-electron chi connectivity index (χ4n) is 2.11. The Morgan fingerprint density at radius 1 is 1.10 bits per heavy atom. The molecule has 1 aromatic carbocycles. The average Bonchev–Trinajstić information content (AvgIpc) is 2.42. The number of hydrogen-bond donors (Lipinski definition) is 1. The SMILES string of the molecule is CNc1cc(CC(C)C)nc(Cc2ccc(Cl)c(Cl)c2)n1. The van der Waals surface area contributed by atoms with Gasteiger partial charge < -0.3 is 5.32 Å². The monoisotopic (exact) mass is 323 g/mol. The van der Waals surface area contributed by atoms with Gasteiger partial charge >= 0.3 is 0 Å². The summed E-state index contributed by atoms with van der Waals surface area (Å²) in [5.74, 6) is 2.19. The number of halogens is 2. The predicted molar refractivity (Wildman–Crippen MR) is 89.4 cm³/mol. The number of nitrogens with one attached hydrogen (secondary N) is 1. The number of nitrogens with zero attached hydrogens (tertiary/aromatic N) is 2. The van der Waals surface area contributed by atoms with Crippen LogP contribution in [0.5, 0.6) is 0 Å². The lowest BCUT2D eigenvalue weighted by atomic mass is 10.1. The molecular formula is C16H19Cl2N3. The number of hydrogen-bond acceptors (Lipinski definition) is 3. The van der Waals surface area contributed by atoms with Gasteiger partial charge in [-0.3, -0.25) is 0 Å². The lowest BCUT2D eigenvalue weighted by molar-refractivity contribution is 0.631. The van der Waals surface area contributed by atoms with Gasteiger partial charge in [0.2, 0.25) is 0 Å². The maximum absolute atomic E-state index is 6.05. The molecule has 0 spiro atoms. The van der Waals surface area contributed by atoms with Gasteiger partial charge in [-0.1, -0.05) is 43.1 Å². The zero-order valence-electron chi connectivity index (χ0n) is 12.5. The van der Waals surface area contributed by atoms with Gasteiger partial charge in [0.15, 0.2) is 0 Å². The first-order chi connectivity index (χ1) is 9.97. The van der Waals surface area contributed by atoms with Crippen molar-refractivity contribution in [2.75, 3.05) is 12.4 Å². The van der Waals surface area contributed by atoms with E-state index >= 15 is 0 Å². The molecule has 112 valence electrons. The number of benzene rings is 1. The van der Waals surface area contributed by atoms with Gasteiger partial charge in [0, 0.05) is 25.2 Å². The molecule has 0 amide bonds. The van der Waals surface area contributed by atoms with Crippen molar-refractivity contribution in [1.29, 1.82) is 0 Å². The highest BCUT2D eigenvalue weighted by Gasteiger charge is 2.08. The van der Waals surface area contributed by atoms with Crippen molar-refractivity contribution in [3.05, 3.63) is 51.4 Å². The van der Waals surface area contributed by atoms with E-state index in [-0.39, 0.29) is 0 Å². The lowest BCUT2D eigenvalue weighted by Crippen LogP contribution is -2.06. The van der Waals surface area contributed by atoms with Crippen LogP contribution in [-0.4, -0.2) is 17.0 Å². The maximum atomic E-state index is 6.05. The molecule has 0 aliphatic carbocycles. The van der Waals surface area contributed by atoms with Gasteiger partial charge in [0.1, 0.15) is 11.6 Å². The van der Waals surface area contributed by atoms with E-state index in [1.165, 1.54) is 0 Å². The van der Waals surface area contributed by atoms with Crippen LogP contribution in [0.1, 0.15) is 30.9 Å². The van der Waals surface area contributed by atoms with Crippen LogP contribution in [0.4, 0.5) is 5.82 Å². The first kappa shape index (κ1) is 16.1. The Morgan fingerprint density at radius 2 is 1.86 bits per heavy atom. The van der Waals surface area contributed by atoms with E-state index < -0.39 is 0 Å². The van der Waals surface area contributed by atoms with Gasteiger partial charge in [-0.2, -0.15) is 0 Å². The van der Waals surface area contributed by atoms with Crippen LogP contribution in [0.15, 0.2) is 24.3 Å². The molecule has 21 heavy (non-hydrogen) atoms. The molecule has 1 aromatic heterocycles. The summed E-state index contributed by atoms with van der Waals surface area (Å²) in [5.41, 5.74) is 2.10. The summed E-state index contributed by atoms with van der Waals surface area (Å²) in [6, 6.07) is 7.61. The predicted octanol–water partition coefficient (Wildman–Crippen LogP) is 4.61. The second-order valence-corrected chi connectivity index (χ2v) is 6.25. The zero-order chi connectivity index (χ0) is 15.4. The van der Waals surface area contributed by atoms with E-state index in [2.05, 4.69) is 29.1 Å². The Kier molecular flexibility index (Phi) is 5.43. The second-order valence-electron chi connectivity index (χ2n) is 5.43. The van der Waals surface area contributed by atoms with E-state index in [1.807, 2.05) is 25.2 Å². The van der Waals surface area contributed by atoms with Gasteiger partial charge in [-0.05, 0) is 30.0 Å². The molecule has 0 bridgehead atoms. The minimum atomic E-state index is 0.557. The van der Waals surface area contributed by atoms with Crippen LogP contribution >= 0.6 is 23.2 Å². The second kappa shape index (κ2) is 7.10. The minimum Gasteiger partial charge on any atom is -0.373 e. The summed E-state index contributed by atoms with van der Waals surface area (Å²) < 4.78 is 0. The molecule has 0 fully saturated rings. The molecule has 2 rings (SSSR count). The first-order valence-electron chi connectivity index (χ1n) is 6.96. The summed E-state index contributed by atoms with van der Waals surface area (Å²) in [4.78, 5) is 9.15. The standard InChI is InChI=1S/C16H19Cl2N3/c1-10(2)6-12-9-15(19-3)21-16(20-12)8-11-4-5-13(17)14(18)7-11/h4-5,7,9-10H,6,8H2,1-3H3,(H,19,20,21). The molecule has 0 saturated heterocycles. The van der Waals surface area contributed by atoms with Gasteiger partial charge in [0.05, 0.1) is 10.0 Å². The van der Waals surface area contributed by atoms with Crippen LogP contribution in [0.3, 0.4) is 0 Å². The van der Waals surface area contributed by atoms with Crippen LogP contribution in [0.25, 0.3) is 0 Å². The highest BCUT2D eigenvalue weighted by molar-refractivity contribution is 6.42. The lowest BCUT2D eigenvalue weighted by Gasteiger charge is -2.10. The van der Waals surface area contributed by atoms with Gasteiger partial charge in [0.25, 0.3) is 0 Å². The van der Waals surface area contributed by atoms with E-state index in [0.29, 0.717) is 22.4 Å². The third-order valence-electron chi connectivity index (χ3n) is 3.05. The molecule has 3 nitrogen and oxygen atoms in total. The van der Waals surface area contributed by atoms with Crippen molar-refractivity contribution in [3.63, 3.8) is 0 Å². The molecule has 0 aliphatic rings. The topological polar surface area (TPSA) is 37.8 Å². The molecular weight excluding hydrogens is 305 g/mol. The highest BCUT2D eigenvalue weighted by Crippen LogP contribution is 2.23. The minimum absolute atomic E-state index is 0.557. The van der Waals surface area contributed by atoms with Gasteiger partial charge in [-0.15, -0.1) is 0 Å². The van der Waals surface area contributed by atoms with E-state index in [9.17, 15) is 0 Å². The molecule has 1 N–H and O–H groups in total. The Bertz CT molecular complexity index is 627. The van der Waals surface area contributed by atoms with Crippen molar-refractivity contribution in [2.24, 2.45) is 5.92 Å². The number of rotatable bonds is 5. The summed E-state index contributed by atoms with van der Waals surface area (Å²) in [7, 11) is 1.87. The van der Waals surface area contributed by atoms with Crippen molar-refractivity contribution in [2.45, 2.75) is 26.7 Å². The van der Waals surface area contributed by atoms with Crippen LogP contribution in [-0.2, 0) is 12.8 Å². The summed E-state index contributed by atoms with van der Waals surface area (Å²) in [5, 5.41) is 4.21. The quantitative estimate of drug-likeness (QED) is 0.872. The third kappa shape index (κ3) is 4.58. The van der Waals surface area contributed by atoms with E-state index in [0.717, 1.165) is 29.3 Å². The summed E-state index contributed by atoms with van der Waals surface area (Å²) >= 11 is 12.0. The van der Waals surface area contributed by atoms with Crippen molar-refractivity contribution >= 4 is 29.0 Å². The molecule has 0 radical (unpaired) electrons. The maximum Gasteiger partial charge on any atom is 0.135 e. The fraction of sp³-hybridized carbons (Fsp3) is 0.375. The summed E-state index contributed by atoms with van der Waals surface area (Å²) in [6.07, 6.45) is 1.57. The molecule has 0 atom stereocenters. The number of aromatic nitrogens is 2. The van der Waals surface area contributed by atoms with Gasteiger partial charge in [-0.25, -0.2) is 9.97 Å². The van der Waals surface area contributed by atoms with E-state index in [1.54, 1.807) is 6.07 Å². The van der Waals surface area contributed by atoms with Crippen LogP contribution in [0.2, 0.25) is 10.0 Å². The smallest absolute Gasteiger partial charge is 0.135 e. The third-order valence-corrected chi connectivity index (χ3v) is 3.78. The molecule has 0 aliphatic heterocycles. The summed E-state index contributed by atoms with van der Waals surface area (Å²) in [6.45, 7) is 4.36. The van der Waals surface area contributed by atoms with Crippen LogP contribution in [0, 0.1) is 5.92 Å². The Labute approximate surface area is 135 Å². The molecule has 2 aromatic rings.